The molecule has 0 bridgehead atoms. The SMILES string of the molecule is O=C(Cc1ccccn1)NCc1csc(-c2cnccn2)n1. The van der Waals surface area contributed by atoms with Crippen LogP contribution in [-0.2, 0) is 17.8 Å². The maximum absolute atomic E-state index is 11.9. The molecule has 0 fully saturated rings. The number of aromatic nitrogens is 4. The summed E-state index contributed by atoms with van der Waals surface area (Å²) in [7, 11) is 0. The molecule has 3 aromatic rings. The average molecular weight is 311 g/mol. The van der Waals surface area contributed by atoms with Crippen LogP contribution >= 0.6 is 11.3 Å². The Balaban J connectivity index is 1.56. The molecule has 0 radical (unpaired) electrons. The molecule has 0 aliphatic carbocycles. The Labute approximate surface area is 131 Å². The highest BCUT2D eigenvalue weighted by molar-refractivity contribution is 7.13. The Morgan fingerprint density at radius 1 is 1.14 bits per heavy atom. The Kier molecular flexibility index (Phi) is 4.45. The molecular formula is C15H13N5OS. The molecule has 110 valence electrons. The van der Waals surface area contributed by atoms with Crippen LogP contribution in [-0.4, -0.2) is 25.8 Å². The van der Waals surface area contributed by atoms with Gasteiger partial charge in [0.25, 0.3) is 0 Å². The minimum Gasteiger partial charge on any atom is -0.350 e. The third-order valence-electron chi connectivity index (χ3n) is 2.87. The highest BCUT2D eigenvalue weighted by Gasteiger charge is 2.08. The number of carbonyl (C=O) groups excluding carboxylic acids is 1. The van der Waals surface area contributed by atoms with Crippen molar-refractivity contribution in [3.63, 3.8) is 0 Å². The number of carbonyl (C=O) groups is 1. The fraction of sp³-hybridized carbons (Fsp3) is 0.133. The molecular weight excluding hydrogens is 298 g/mol. The number of hydrogen-bond acceptors (Lipinski definition) is 6. The van der Waals surface area contributed by atoms with Crippen molar-refractivity contribution in [1.29, 1.82) is 0 Å². The van der Waals surface area contributed by atoms with Gasteiger partial charge in [0.15, 0.2) is 0 Å². The van der Waals surface area contributed by atoms with Gasteiger partial charge in [-0.25, -0.2) is 4.98 Å². The highest BCUT2D eigenvalue weighted by atomic mass is 32.1. The standard InChI is InChI=1S/C15H13N5OS/c21-14(7-11-3-1-2-4-17-11)19-8-12-10-22-15(20-12)13-9-16-5-6-18-13/h1-6,9-10H,7-8H2,(H,19,21). The summed E-state index contributed by atoms with van der Waals surface area (Å²) >= 11 is 1.48. The molecule has 0 aliphatic rings. The molecule has 0 aliphatic heterocycles. The zero-order chi connectivity index (χ0) is 15.2. The molecule has 0 atom stereocenters. The first kappa shape index (κ1) is 14.3. The van der Waals surface area contributed by atoms with Gasteiger partial charge >= 0.3 is 0 Å². The van der Waals surface area contributed by atoms with Crippen LogP contribution in [0, 0.1) is 0 Å². The second kappa shape index (κ2) is 6.86. The second-order valence-electron chi connectivity index (χ2n) is 4.51. The zero-order valence-corrected chi connectivity index (χ0v) is 12.5. The molecule has 7 heteroatoms. The lowest BCUT2D eigenvalue weighted by Gasteiger charge is -2.02. The van der Waals surface area contributed by atoms with Crippen LogP contribution in [0.25, 0.3) is 10.7 Å². The first-order chi connectivity index (χ1) is 10.8. The van der Waals surface area contributed by atoms with Crippen molar-refractivity contribution in [1.82, 2.24) is 25.3 Å². The lowest BCUT2D eigenvalue weighted by molar-refractivity contribution is -0.120. The van der Waals surface area contributed by atoms with Crippen LogP contribution in [0.3, 0.4) is 0 Å². The number of thiazole rings is 1. The number of nitrogens with one attached hydrogen (secondary N) is 1. The second-order valence-corrected chi connectivity index (χ2v) is 5.37. The third-order valence-corrected chi connectivity index (χ3v) is 3.78. The van der Waals surface area contributed by atoms with E-state index in [1.807, 2.05) is 23.6 Å². The van der Waals surface area contributed by atoms with Crippen LogP contribution in [0.2, 0.25) is 0 Å². The Bertz CT molecular complexity index is 745. The van der Waals surface area contributed by atoms with Crippen molar-refractivity contribution in [2.24, 2.45) is 0 Å². The van der Waals surface area contributed by atoms with Gasteiger partial charge in [0.05, 0.1) is 24.9 Å². The van der Waals surface area contributed by atoms with E-state index in [0.29, 0.717) is 6.54 Å². The van der Waals surface area contributed by atoms with E-state index in [1.165, 1.54) is 11.3 Å². The van der Waals surface area contributed by atoms with E-state index < -0.39 is 0 Å². The van der Waals surface area contributed by atoms with E-state index in [2.05, 4.69) is 25.3 Å². The molecule has 22 heavy (non-hydrogen) atoms. The maximum atomic E-state index is 11.9. The van der Waals surface area contributed by atoms with Crippen molar-refractivity contribution < 1.29 is 4.79 Å². The molecule has 3 heterocycles. The number of amides is 1. The summed E-state index contributed by atoms with van der Waals surface area (Å²) < 4.78 is 0. The van der Waals surface area contributed by atoms with Crippen LogP contribution in [0.15, 0.2) is 48.4 Å². The fourth-order valence-corrected chi connectivity index (χ4v) is 2.61. The number of nitrogens with zero attached hydrogens (tertiary/aromatic N) is 4. The van der Waals surface area contributed by atoms with Gasteiger partial charge in [0.2, 0.25) is 5.91 Å². The largest absolute Gasteiger partial charge is 0.350 e. The van der Waals surface area contributed by atoms with E-state index in [-0.39, 0.29) is 12.3 Å². The molecule has 3 aromatic heterocycles. The number of hydrogen-bond donors (Lipinski definition) is 1. The van der Waals surface area contributed by atoms with Gasteiger partial charge < -0.3 is 5.32 Å². The molecule has 0 unspecified atom stereocenters. The first-order valence-electron chi connectivity index (χ1n) is 6.68. The van der Waals surface area contributed by atoms with Crippen LogP contribution in [0.4, 0.5) is 0 Å². The minimum absolute atomic E-state index is 0.0762. The summed E-state index contributed by atoms with van der Waals surface area (Å²) in [4.78, 5) is 28.7. The van der Waals surface area contributed by atoms with Crippen molar-refractivity contribution in [2.75, 3.05) is 0 Å². The van der Waals surface area contributed by atoms with Gasteiger partial charge in [-0.1, -0.05) is 6.07 Å². The van der Waals surface area contributed by atoms with E-state index in [9.17, 15) is 4.79 Å². The quantitative estimate of drug-likeness (QED) is 0.778. The third kappa shape index (κ3) is 3.70. The molecule has 6 nitrogen and oxygen atoms in total. The van der Waals surface area contributed by atoms with Gasteiger partial charge in [-0.05, 0) is 12.1 Å². The smallest absolute Gasteiger partial charge is 0.226 e. The molecule has 0 saturated heterocycles. The monoisotopic (exact) mass is 311 g/mol. The molecule has 0 saturated carbocycles. The van der Waals surface area contributed by atoms with Crippen LogP contribution in [0.1, 0.15) is 11.4 Å². The first-order valence-corrected chi connectivity index (χ1v) is 7.56. The average Bonchev–Trinajstić information content (AvgIpc) is 3.04. The van der Waals surface area contributed by atoms with Gasteiger partial charge in [-0.3, -0.25) is 19.7 Å². The summed E-state index contributed by atoms with van der Waals surface area (Å²) in [5.74, 6) is -0.0762. The van der Waals surface area contributed by atoms with E-state index in [1.54, 1.807) is 24.8 Å². The van der Waals surface area contributed by atoms with Gasteiger partial charge in [0.1, 0.15) is 10.7 Å². The van der Waals surface area contributed by atoms with Crippen LogP contribution in [0.5, 0.6) is 0 Å². The summed E-state index contributed by atoms with van der Waals surface area (Å²) in [6.45, 7) is 0.391. The summed E-state index contributed by atoms with van der Waals surface area (Å²) in [6, 6.07) is 5.52. The number of pyridine rings is 1. The van der Waals surface area contributed by atoms with Crippen molar-refractivity contribution >= 4 is 17.2 Å². The Hall–Kier alpha value is -2.67. The molecule has 0 aromatic carbocycles. The summed E-state index contributed by atoms with van der Waals surface area (Å²) in [5, 5.41) is 5.54. The highest BCUT2D eigenvalue weighted by Crippen LogP contribution is 2.20. The topological polar surface area (TPSA) is 80.7 Å². The van der Waals surface area contributed by atoms with E-state index in [4.69, 9.17) is 0 Å². The van der Waals surface area contributed by atoms with Crippen molar-refractivity contribution in [3.8, 4) is 10.7 Å². The van der Waals surface area contributed by atoms with Crippen LogP contribution < -0.4 is 5.32 Å². The van der Waals surface area contributed by atoms with Gasteiger partial charge in [-0.15, -0.1) is 11.3 Å². The lowest BCUT2D eigenvalue weighted by Crippen LogP contribution is -2.25. The predicted octanol–water partition coefficient (Wildman–Crippen LogP) is 1.85. The summed E-state index contributed by atoms with van der Waals surface area (Å²) in [5.41, 5.74) is 2.29. The van der Waals surface area contributed by atoms with Gasteiger partial charge in [0, 0.05) is 29.7 Å². The maximum Gasteiger partial charge on any atom is 0.226 e. The number of rotatable bonds is 5. The molecule has 3 rings (SSSR count). The van der Waals surface area contributed by atoms with E-state index >= 15 is 0 Å². The molecule has 1 N–H and O–H groups in total. The minimum atomic E-state index is -0.0762. The normalized spacial score (nSPS) is 10.4. The predicted molar refractivity (Wildman–Crippen MR) is 82.9 cm³/mol. The zero-order valence-electron chi connectivity index (χ0n) is 11.6. The van der Waals surface area contributed by atoms with Crippen molar-refractivity contribution in [3.05, 3.63) is 59.8 Å². The fourth-order valence-electron chi connectivity index (χ4n) is 1.83. The lowest BCUT2D eigenvalue weighted by atomic mass is 10.2. The Morgan fingerprint density at radius 2 is 2.09 bits per heavy atom. The molecule has 1 amide bonds. The molecule has 0 spiro atoms. The Morgan fingerprint density at radius 3 is 2.86 bits per heavy atom. The van der Waals surface area contributed by atoms with E-state index in [0.717, 1.165) is 22.1 Å². The summed E-state index contributed by atoms with van der Waals surface area (Å²) in [6.07, 6.45) is 6.86. The van der Waals surface area contributed by atoms with Crippen molar-refractivity contribution in [2.45, 2.75) is 13.0 Å². The van der Waals surface area contributed by atoms with Gasteiger partial charge in [-0.2, -0.15) is 0 Å².